The molecule has 3 aromatic carbocycles. The molecular weight excluding hydrogens is 355 g/mol. The van der Waals surface area contributed by atoms with E-state index in [9.17, 15) is 4.39 Å². The van der Waals surface area contributed by atoms with Crippen molar-refractivity contribution in [3.63, 3.8) is 0 Å². The van der Waals surface area contributed by atoms with Gasteiger partial charge in [0.25, 0.3) is 0 Å². The summed E-state index contributed by atoms with van der Waals surface area (Å²) in [4.78, 5) is 0. The summed E-state index contributed by atoms with van der Waals surface area (Å²) in [6, 6.07) is 18.3. The van der Waals surface area contributed by atoms with Gasteiger partial charge in [0.15, 0.2) is 0 Å². The minimum atomic E-state index is -0.220. The molecule has 0 bridgehead atoms. The van der Waals surface area contributed by atoms with Gasteiger partial charge in [-0.2, -0.15) is 0 Å². The van der Waals surface area contributed by atoms with Crippen LogP contribution in [-0.2, 0) is 6.42 Å². The summed E-state index contributed by atoms with van der Waals surface area (Å²) in [6.07, 6.45) is 7.56. The second kappa shape index (κ2) is 8.83. The lowest BCUT2D eigenvalue weighted by Gasteiger charge is -2.28. The largest absolute Gasteiger partial charge is 0.205 e. The van der Waals surface area contributed by atoms with Crippen LogP contribution in [0, 0.1) is 23.6 Å². The number of benzene rings is 3. The second-order valence-electron chi connectivity index (χ2n) is 8.33. The number of rotatable bonds is 3. The summed E-state index contributed by atoms with van der Waals surface area (Å²) in [5.74, 6) is 7.57. The third kappa shape index (κ3) is 4.38. The summed E-state index contributed by atoms with van der Waals surface area (Å²) < 4.78 is 14.9. The Labute approximate surface area is 174 Å². The van der Waals surface area contributed by atoms with Crippen molar-refractivity contribution in [3.05, 3.63) is 82.7 Å². The fraction of sp³-hybridized carbons (Fsp3) is 0.357. The van der Waals surface area contributed by atoms with Gasteiger partial charge in [0.2, 0.25) is 0 Å². The zero-order valence-corrected chi connectivity index (χ0v) is 17.5. The van der Waals surface area contributed by atoms with E-state index in [1.807, 2.05) is 18.2 Å². The predicted octanol–water partition coefficient (Wildman–Crippen LogP) is 7.62. The fourth-order valence-electron chi connectivity index (χ4n) is 4.54. The molecule has 148 valence electrons. The van der Waals surface area contributed by atoms with E-state index in [4.69, 9.17) is 0 Å². The van der Waals surface area contributed by atoms with Crippen LogP contribution in [0.4, 0.5) is 4.39 Å². The van der Waals surface area contributed by atoms with Gasteiger partial charge in [-0.25, -0.2) is 4.39 Å². The van der Waals surface area contributed by atoms with Crippen molar-refractivity contribution in [2.24, 2.45) is 5.92 Å². The minimum Gasteiger partial charge on any atom is -0.205 e. The molecule has 0 heterocycles. The maximum atomic E-state index is 14.9. The molecule has 0 atom stereocenters. The Bertz CT molecular complexity index is 1040. The van der Waals surface area contributed by atoms with Gasteiger partial charge in [0.05, 0.1) is 5.56 Å². The first-order chi connectivity index (χ1) is 14.2. The molecule has 1 aliphatic rings. The normalized spacial score (nSPS) is 19.0. The minimum absolute atomic E-state index is 0.220. The number of hydrogen-bond donors (Lipinski definition) is 0. The van der Waals surface area contributed by atoms with E-state index in [1.54, 1.807) is 6.07 Å². The van der Waals surface area contributed by atoms with E-state index in [-0.39, 0.29) is 5.82 Å². The monoisotopic (exact) mass is 384 g/mol. The van der Waals surface area contributed by atoms with Gasteiger partial charge in [0, 0.05) is 10.9 Å². The SMILES string of the molecule is CCc1ccc2c(F)c(C#Cc3ccc(C4CCC(CC)CC4)cc3)ccc2c1. The third-order valence-electron chi connectivity index (χ3n) is 6.57. The molecule has 0 saturated heterocycles. The molecule has 1 aliphatic carbocycles. The van der Waals surface area contributed by atoms with Gasteiger partial charge in [0.1, 0.15) is 5.82 Å². The molecule has 0 amide bonds. The first kappa shape index (κ1) is 19.7. The Morgan fingerprint density at radius 1 is 0.862 bits per heavy atom. The molecule has 0 nitrogen and oxygen atoms in total. The van der Waals surface area contributed by atoms with Crippen molar-refractivity contribution >= 4 is 10.8 Å². The molecule has 0 spiro atoms. The summed E-state index contributed by atoms with van der Waals surface area (Å²) in [5.41, 5.74) is 4.05. The molecule has 3 aromatic rings. The predicted molar refractivity (Wildman–Crippen MR) is 121 cm³/mol. The quantitative estimate of drug-likeness (QED) is 0.407. The highest BCUT2D eigenvalue weighted by Gasteiger charge is 2.20. The summed E-state index contributed by atoms with van der Waals surface area (Å²) >= 11 is 0. The van der Waals surface area contributed by atoms with E-state index >= 15 is 0 Å². The van der Waals surface area contributed by atoms with Gasteiger partial charge < -0.3 is 0 Å². The molecule has 0 N–H and O–H groups in total. The highest BCUT2D eigenvalue weighted by atomic mass is 19.1. The number of aryl methyl sites for hydroxylation is 1. The van der Waals surface area contributed by atoms with Gasteiger partial charge in [-0.05, 0) is 78.7 Å². The Balaban J connectivity index is 1.51. The van der Waals surface area contributed by atoms with Crippen LogP contribution in [0.3, 0.4) is 0 Å². The van der Waals surface area contributed by atoms with Crippen molar-refractivity contribution in [1.82, 2.24) is 0 Å². The highest BCUT2D eigenvalue weighted by molar-refractivity contribution is 5.85. The number of fused-ring (bicyclic) bond motifs is 1. The summed E-state index contributed by atoms with van der Waals surface area (Å²) in [7, 11) is 0. The van der Waals surface area contributed by atoms with Crippen LogP contribution in [0.5, 0.6) is 0 Å². The molecule has 4 rings (SSSR count). The van der Waals surface area contributed by atoms with Gasteiger partial charge in [-0.1, -0.05) is 68.5 Å². The Morgan fingerprint density at radius 2 is 1.62 bits per heavy atom. The molecule has 1 fully saturated rings. The van der Waals surface area contributed by atoms with Gasteiger partial charge in [-0.3, -0.25) is 0 Å². The molecule has 1 saturated carbocycles. The van der Waals surface area contributed by atoms with Crippen LogP contribution in [0.2, 0.25) is 0 Å². The second-order valence-corrected chi connectivity index (χ2v) is 8.33. The zero-order chi connectivity index (χ0) is 20.2. The van der Waals surface area contributed by atoms with E-state index in [2.05, 4.69) is 56.0 Å². The lowest BCUT2D eigenvalue weighted by Crippen LogP contribution is -2.12. The molecule has 0 aliphatic heterocycles. The Kier molecular flexibility index (Phi) is 6.00. The average molecular weight is 385 g/mol. The first-order valence-corrected chi connectivity index (χ1v) is 11.0. The number of halogens is 1. The molecular formula is C28H29F. The van der Waals surface area contributed by atoms with Gasteiger partial charge in [-0.15, -0.1) is 0 Å². The first-order valence-electron chi connectivity index (χ1n) is 11.0. The maximum absolute atomic E-state index is 14.9. The van der Waals surface area contributed by atoms with Crippen LogP contribution in [0.15, 0.2) is 54.6 Å². The molecule has 0 aromatic heterocycles. The maximum Gasteiger partial charge on any atom is 0.146 e. The topological polar surface area (TPSA) is 0 Å². The average Bonchev–Trinajstić information content (AvgIpc) is 2.79. The summed E-state index contributed by atoms with van der Waals surface area (Å²) in [6.45, 7) is 4.41. The van der Waals surface area contributed by atoms with E-state index in [0.29, 0.717) is 16.9 Å². The van der Waals surface area contributed by atoms with Crippen molar-refractivity contribution in [3.8, 4) is 11.8 Å². The van der Waals surface area contributed by atoms with E-state index in [0.717, 1.165) is 23.3 Å². The van der Waals surface area contributed by atoms with Gasteiger partial charge >= 0.3 is 0 Å². The van der Waals surface area contributed by atoms with Crippen LogP contribution in [0.1, 0.15) is 74.1 Å². The van der Waals surface area contributed by atoms with Crippen LogP contribution in [0.25, 0.3) is 10.8 Å². The van der Waals surface area contributed by atoms with Crippen molar-refractivity contribution in [2.45, 2.75) is 58.3 Å². The van der Waals surface area contributed by atoms with E-state index in [1.165, 1.54) is 43.2 Å². The standard InChI is InChI=1S/C28H29F/c1-3-20-5-11-23(12-6-20)24-13-7-22(8-14-24)9-15-25-16-17-26-19-21(4-2)10-18-27(26)28(25)29/h7-8,10,13-14,16-20,23H,3-6,11-12H2,1-2H3. The Hall–Kier alpha value is -2.59. The molecule has 0 unspecified atom stereocenters. The van der Waals surface area contributed by atoms with Crippen LogP contribution in [-0.4, -0.2) is 0 Å². The van der Waals surface area contributed by atoms with Crippen LogP contribution < -0.4 is 0 Å². The smallest absolute Gasteiger partial charge is 0.146 e. The third-order valence-corrected chi connectivity index (χ3v) is 6.57. The number of hydrogen-bond acceptors (Lipinski definition) is 0. The van der Waals surface area contributed by atoms with Crippen molar-refractivity contribution < 1.29 is 4.39 Å². The lowest BCUT2D eigenvalue weighted by molar-refractivity contribution is 0.319. The van der Waals surface area contributed by atoms with Crippen molar-refractivity contribution in [1.29, 1.82) is 0 Å². The molecule has 0 radical (unpaired) electrons. The fourth-order valence-corrected chi connectivity index (χ4v) is 4.54. The highest BCUT2D eigenvalue weighted by Crippen LogP contribution is 2.36. The van der Waals surface area contributed by atoms with Crippen molar-refractivity contribution in [2.75, 3.05) is 0 Å². The Morgan fingerprint density at radius 3 is 2.31 bits per heavy atom. The van der Waals surface area contributed by atoms with Crippen LogP contribution >= 0.6 is 0 Å². The zero-order valence-electron chi connectivity index (χ0n) is 17.5. The van der Waals surface area contributed by atoms with E-state index < -0.39 is 0 Å². The molecule has 29 heavy (non-hydrogen) atoms. The summed E-state index contributed by atoms with van der Waals surface area (Å²) in [5, 5.41) is 1.58. The lowest BCUT2D eigenvalue weighted by atomic mass is 9.78. The molecule has 1 heteroatoms.